The highest BCUT2D eigenvalue weighted by Crippen LogP contribution is 2.28. The highest BCUT2D eigenvalue weighted by Gasteiger charge is 2.38. The molecule has 1 heterocycles. The largest absolute Gasteiger partial charge is 0.497 e. The second kappa shape index (κ2) is 16.0. The van der Waals surface area contributed by atoms with Crippen LogP contribution in [-0.2, 0) is 22.7 Å². The van der Waals surface area contributed by atoms with Crippen molar-refractivity contribution in [1.29, 1.82) is 0 Å². The predicted octanol–water partition coefficient (Wildman–Crippen LogP) is 7.02. The Bertz CT molecular complexity index is 1250. The Kier molecular flexibility index (Phi) is 12.8. The fraction of sp³-hybridized carbons (Fsp3) is 0.385. The second-order valence-electron chi connectivity index (χ2n) is 8.25. The minimum absolute atomic E-state index is 0.247. The Morgan fingerprint density at radius 2 is 1.79 bits per heavy atom. The lowest BCUT2D eigenvalue weighted by Gasteiger charge is -2.13. The van der Waals surface area contributed by atoms with Crippen LogP contribution in [0.3, 0.4) is 0 Å². The summed E-state index contributed by atoms with van der Waals surface area (Å²) in [5.74, 6) is -2.25. The number of methoxy groups -OCH3 is 1. The van der Waals surface area contributed by atoms with Gasteiger partial charge in [0.05, 0.1) is 24.9 Å². The molecule has 39 heavy (non-hydrogen) atoms. The monoisotopic (exact) mass is 551 g/mol. The molecule has 0 radical (unpaired) electrons. The number of azide groups is 1. The molecule has 0 unspecified atom stereocenters. The number of aliphatic carboxylic acids is 1. The van der Waals surface area contributed by atoms with Crippen molar-refractivity contribution in [2.24, 2.45) is 5.11 Å². The molecule has 3 rings (SSSR count). The third kappa shape index (κ3) is 11.5. The molecule has 0 aliphatic heterocycles. The fourth-order valence-electron chi connectivity index (χ4n) is 3.37. The van der Waals surface area contributed by atoms with Crippen LogP contribution in [0.1, 0.15) is 36.9 Å². The molecule has 210 valence electrons. The molecule has 13 heteroatoms. The molecule has 0 bridgehead atoms. The van der Waals surface area contributed by atoms with Crippen LogP contribution in [0, 0.1) is 5.82 Å². The summed E-state index contributed by atoms with van der Waals surface area (Å²) in [6.45, 7) is 2.19. The van der Waals surface area contributed by atoms with Crippen LogP contribution in [0.4, 0.5) is 23.2 Å². The van der Waals surface area contributed by atoms with E-state index in [1.54, 1.807) is 19.2 Å². The number of unbranched alkanes of at least 4 members (excludes halogenated alkanes) is 3. The summed E-state index contributed by atoms with van der Waals surface area (Å²) in [4.78, 5) is 16.4. The lowest BCUT2D eigenvalue weighted by Crippen LogP contribution is -2.21. The van der Waals surface area contributed by atoms with Crippen molar-refractivity contribution < 1.29 is 36.9 Å². The molecule has 0 saturated carbocycles. The van der Waals surface area contributed by atoms with Gasteiger partial charge in [0.25, 0.3) is 0 Å². The van der Waals surface area contributed by atoms with Crippen molar-refractivity contribution in [1.82, 2.24) is 4.98 Å². The van der Waals surface area contributed by atoms with Gasteiger partial charge in [-0.05, 0) is 60.3 Å². The summed E-state index contributed by atoms with van der Waals surface area (Å²) >= 11 is 0. The number of aromatic nitrogens is 1. The highest BCUT2D eigenvalue weighted by atomic mass is 19.4. The maximum Gasteiger partial charge on any atom is 0.490 e. The summed E-state index contributed by atoms with van der Waals surface area (Å²) in [5, 5.41) is 15.1. The molecule has 2 aromatic carbocycles. The van der Waals surface area contributed by atoms with E-state index >= 15 is 0 Å². The van der Waals surface area contributed by atoms with Crippen LogP contribution in [0.2, 0.25) is 0 Å². The number of halogens is 4. The van der Waals surface area contributed by atoms with Crippen molar-refractivity contribution in [3.05, 3.63) is 76.0 Å². The van der Waals surface area contributed by atoms with E-state index in [1.165, 1.54) is 12.1 Å². The van der Waals surface area contributed by atoms with Gasteiger partial charge in [-0.15, -0.1) is 0 Å². The number of nitrogens with zero attached hydrogens (tertiary/aromatic N) is 4. The predicted molar refractivity (Wildman–Crippen MR) is 138 cm³/mol. The normalized spacial score (nSPS) is 10.8. The molecule has 0 amide bonds. The number of carboxylic acids is 1. The molecule has 0 aliphatic carbocycles. The number of nitrogens with one attached hydrogen (secondary N) is 1. The van der Waals surface area contributed by atoms with Gasteiger partial charge in [0.15, 0.2) is 0 Å². The van der Waals surface area contributed by atoms with Gasteiger partial charge >= 0.3 is 12.1 Å². The van der Waals surface area contributed by atoms with Crippen LogP contribution in [0.25, 0.3) is 21.3 Å². The number of anilines is 1. The lowest BCUT2D eigenvalue weighted by molar-refractivity contribution is -0.192. The van der Waals surface area contributed by atoms with Gasteiger partial charge in [-0.25, -0.2) is 9.18 Å². The molecule has 2 N–H and O–H groups in total. The zero-order valence-corrected chi connectivity index (χ0v) is 21.2. The van der Waals surface area contributed by atoms with E-state index in [2.05, 4.69) is 15.3 Å². The van der Waals surface area contributed by atoms with E-state index in [4.69, 9.17) is 29.9 Å². The number of hydrogen-bond donors (Lipinski definition) is 2. The van der Waals surface area contributed by atoms with Crippen molar-refractivity contribution in [2.45, 2.75) is 45.0 Å². The summed E-state index contributed by atoms with van der Waals surface area (Å²) in [7, 11) is 1.64. The number of hydrogen-bond acceptors (Lipinski definition) is 6. The van der Waals surface area contributed by atoms with Crippen LogP contribution in [0.15, 0.2) is 53.6 Å². The number of pyridine rings is 1. The van der Waals surface area contributed by atoms with Crippen molar-refractivity contribution in [3.63, 3.8) is 0 Å². The number of carbonyl (C=O) groups is 1. The number of alkyl halides is 3. The van der Waals surface area contributed by atoms with Gasteiger partial charge in [-0.3, -0.25) is 4.98 Å². The molecular weight excluding hydrogens is 522 g/mol. The van der Waals surface area contributed by atoms with E-state index in [0.29, 0.717) is 26.3 Å². The first-order valence-electron chi connectivity index (χ1n) is 12.0. The van der Waals surface area contributed by atoms with Crippen LogP contribution in [-0.4, -0.2) is 42.5 Å². The van der Waals surface area contributed by atoms with Gasteiger partial charge in [0, 0.05) is 35.7 Å². The average molecular weight is 552 g/mol. The number of benzene rings is 2. The molecular formula is C26H29F4N5O4. The molecule has 0 spiro atoms. The summed E-state index contributed by atoms with van der Waals surface area (Å²) in [6.07, 6.45) is -1.16. The Labute approximate surface area is 222 Å². The SMILES string of the molecule is COc1ccc2nc(COCCCCCCN=[N+]=[N-])cc(NCc3ccc(F)cc3)c2c1.O=C(O)C(F)(F)F. The van der Waals surface area contributed by atoms with Crippen molar-refractivity contribution in [3.8, 4) is 5.75 Å². The lowest BCUT2D eigenvalue weighted by atomic mass is 10.1. The van der Waals surface area contributed by atoms with Gasteiger partial charge in [0.1, 0.15) is 11.6 Å². The molecule has 3 aromatic rings. The van der Waals surface area contributed by atoms with Crippen LogP contribution in [0.5, 0.6) is 5.75 Å². The first-order valence-corrected chi connectivity index (χ1v) is 12.0. The topological polar surface area (TPSA) is 129 Å². The Morgan fingerprint density at radius 3 is 2.44 bits per heavy atom. The quantitative estimate of drug-likeness (QED) is 0.0772. The van der Waals surface area contributed by atoms with Gasteiger partial charge in [-0.2, -0.15) is 13.2 Å². The molecule has 0 saturated heterocycles. The second-order valence-corrected chi connectivity index (χ2v) is 8.25. The third-order valence-corrected chi connectivity index (χ3v) is 5.32. The molecule has 0 atom stereocenters. The van der Waals surface area contributed by atoms with E-state index in [-0.39, 0.29) is 5.82 Å². The maximum atomic E-state index is 13.2. The average Bonchev–Trinajstić information content (AvgIpc) is 2.91. The molecule has 0 fully saturated rings. The number of fused-ring (bicyclic) bond motifs is 1. The zero-order valence-electron chi connectivity index (χ0n) is 21.2. The van der Waals surface area contributed by atoms with E-state index in [0.717, 1.165) is 59.3 Å². The highest BCUT2D eigenvalue weighted by molar-refractivity contribution is 5.92. The number of rotatable bonds is 13. The van der Waals surface area contributed by atoms with Crippen molar-refractivity contribution >= 4 is 22.6 Å². The van der Waals surface area contributed by atoms with E-state index in [9.17, 15) is 17.6 Å². The standard InChI is InChI=1S/C24H28FN5O2.C2HF3O2/c1-31-21-10-11-23-22(15-21)24(27-16-18-6-8-19(25)9-7-18)14-20(29-23)17-32-13-5-3-2-4-12-28-30-26;3-2(4,5)1(6)7/h6-11,14-15H,2-5,12-13,16-17H2,1H3,(H,27,29);(H,6,7). The summed E-state index contributed by atoms with van der Waals surface area (Å²) in [6, 6.07) is 14.2. The third-order valence-electron chi connectivity index (χ3n) is 5.32. The van der Waals surface area contributed by atoms with Crippen LogP contribution >= 0.6 is 0 Å². The molecule has 1 aromatic heterocycles. The maximum absolute atomic E-state index is 13.2. The number of carboxylic acid groups (broad SMARTS) is 1. The summed E-state index contributed by atoms with van der Waals surface area (Å²) < 4.78 is 56.1. The zero-order chi connectivity index (χ0) is 28.7. The van der Waals surface area contributed by atoms with E-state index in [1.807, 2.05) is 24.3 Å². The van der Waals surface area contributed by atoms with Crippen molar-refractivity contribution in [2.75, 3.05) is 25.6 Å². The first-order chi connectivity index (χ1) is 18.6. The minimum Gasteiger partial charge on any atom is -0.497 e. The number of ether oxygens (including phenoxy) is 2. The Hall–Kier alpha value is -4.09. The molecule has 9 nitrogen and oxygen atoms in total. The minimum atomic E-state index is -5.08. The van der Waals surface area contributed by atoms with Crippen LogP contribution < -0.4 is 10.1 Å². The Balaban J connectivity index is 0.000000673. The Morgan fingerprint density at radius 1 is 1.10 bits per heavy atom. The van der Waals surface area contributed by atoms with Gasteiger partial charge < -0.3 is 19.9 Å². The summed E-state index contributed by atoms with van der Waals surface area (Å²) in [5.41, 5.74) is 11.9. The molecule has 0 aliphatic rings. The van der Waals surface area contributed by atoms with Gasteiger partial charge in [0.2, 0.25) is 0 Å². The van der Waals surface area contributed by atoms with Gasteiger partial charge in [-0.1, -0.05) is 30.1 Å². The smallest absolute Gasteiger partial charge is 0.490 e. The van der Waals surface area contributed by atoms with E-state index < -0.39 is 12.1 Å². The first kappa shape index (κ1) is 31.1. The fourth-order valence-corrected chi connectivity index (χ4v) is 3.37.